The van der Waals surface area contributed by atoms with Gasteiger partial charge in [-0.1, -0.05) is 19.1 Å². The maximum Gasteiger partial charge on any atom is 0.317 e. The number of nitrogens with zero attached hydrogens (tertiary/aromatic N) is 1. The molecule has 0 spiro atoms. The van der Waals surface area contributed by atoms with Crippen molar-refractivity contribution >= 4 is 12.0 Å². The van der Waals surface area contributed by atoms with Gasteiger partial charge in [-0.05, 0) is 43.9 Å². The zero-order chi connectivity index (χ0) is 17.5. The van der Waals surface area contributed by atoms with Crippen LogP contribution in [0.5, 0.6) is 5.75 Å². The lowest BCUT2D eigenvalue weighted by Crippen LogP contribution is -2.49. The van der Waals surface area contributed by atoms with Crippen LogP contribution in [0.4, 0.5) is 4.79 Å². The second-order valence-electron chi connectivity index (χ2n) is 6.27. The average molecular weight is 334 g/mol. The van der Waals surface area contributed by atoms with Crippen molar-refractivity contribution < 1.29 is 19.4 Å². The highest BCUT2D eigenvalue weighted by Crippen LogP contribution is 2.17. The highest BCUT2D eigenvalue weighted by Gasteiger charge is 2.28. The molecule has 6 nitrogen and oxygen atoms in total. The number of carbonyl (C=O) groups is 2. The van der Waals surface area contributed by atoms with Crippen molar-refractivity contribution in [3.05, 3.63) is 29.8 Å². The summed E-state index contributed by atoms with van der Waals surface area (Å²) in [5.41, 5.74) is 1.12. The molecule has 2 N–H and O–H groups in total. The Bertz CT molecular complexity index is 576. The highest BCUT2D eigenvalue weighted by atomic mass is 16.5. The van der Waals surface area contributed by atoms with Crippen molar-refractivity contribution in [1.82, 2.24) is 10.2 Å². The smallest absolute Gasteiger partial charge is 0.317 e. The second-order valence-corrected chi connectivity index (χ2v) is 6.27. The van der Waals surface area contributed by atoms with Gasteiger partial charge in [0.1, 0.15) is 11.9 Å². The molecule has 2 unspecified atom stereocenters. The Morgan fingerprint density at radius 1 is 1.46 bits per heavy atom. The number of carboxylic acid groups (broad SMARTS) is 1. The number of aryl methyl sites for hydroxylation is 1. The predicted octanol–water partition coefficient (Wildman–Crippen LogP) is 2.66. The number of aliphatic carboxylic acids is 1. The molecule has 132 valence electrons. The summed E-state index contributed by atoms with van der Waals surface area (Å²) in [5, 5.41) is 12.0. The van der Waals surface area contributed by atoms with Crippen molar-refractivity contribution in [2.24, 2.45) is 5.92 Å². The number of carbonyl (C=O) groups excluding carboxylic acids is 1. The summed E-state index contributed by atoms with van der Waals surface area (Å²) in [4.78, 5) is 24.9. The van der Waals surface area contributed by atoms with Crippen LogP contribution in [-0.2, 0) is 4.79 Å². The molecular formula is C18H26N2O4. The van der Waals surface area contributed by atoms with E-state index in [1.807, 2.05) is 38.1 Å². The van der Waals surface area contributed by atoms with E-state index in [9.17, 15) is 9.59 Å². The summed E-state index contributed by atoms with van der Waals surface area (Å²) in [6, 6.07) is 7.60. The van der Waals surface area contributed by atoms with E-state index in [0.29, 0.717) is 19.5 Å². The van der Waals surface area contributed by atoms with Crippen LogP contribution in [-0.4, -0.2) is 47.7 Å². The Balaban J connectivity index is 1.83. The molecule has 0 saturated carbocycles. The Labute approximate surface area is 142 Å². The van der Waals surface area contributed by atoms with Crippen LogP contribution in [0.2, 0.25) is 0 Å². The molecule has 1 aliphatic rings. The van der Waals surface area contributed by atoms with Gasteiger partial charge in [0.05, 0.1) is 12.5 Å². The van der Waals surface area contributed by atoms with E-state index >= 15 is 0 Å². The van der Waals surface area contributed by atoms with Crippen LogP contribution in [0.25, 0.3) is 0 Å². The minimum atomic E-state index is -0.832. The number of urea groups is 1. The summed E-state index contributed by atoms with van der Waals surface area (Å²) in [6.45, 7) is 5.29. The van der Waals surface area contributed by atoms with Crippen molar-refractivity contribution in [2.45, 2.75) is 39.2 Å². The summed E-state index contributed by atoms with van der Waals surface area (Å²) in [5.74, 6) is -0.503. The third kappa shape index (κ3) is 5.15. The second kappa shape index (κ2) is 8.57. The Morgan fingerprint density at radius 3 is 2.92 bits per heavy atom. The molecule has 24 heavy (non-hydrogen) atoms. The molecule has 1 aromatic rings. The number of rotatable bonds is 6. The lowest BCUT2D eigenvalue weighted by atomic mass is 9.99. The number of carboxylic acids is 1. The van der Waals surface area contributed by atoms with Crippen LogP contribution in [0.3, 0.4) is 0 Å². The molecule has 1 saturated heterocycles. The molecule has 2 amide bonds. The van der Waals surface area contributed by atoms with Gasteiger partial charge in [0, 0.05) is 13.1 Å². The average Bonchev–Trinajstić information content (AvgIpc) is 2.58. The van der Waals surface area contributed by atoms with Gasteiger partial charge >= 0.3 is 12.0 Å². The Morgan fingerprint density at radius 2 is 2.25 bits per heavy atom. The molecular weight excluding hydrogens is 308 g/mol. The van der Waals surface area contributed by atoms with Gasteiger partial charge in [-0.2, -0.15) is 0 Å². The molecule has 0 bridgehead atoms. The van der Waals surface area contributed by atoms with Gasteiger partial charge in [0.15, 0.2) is 0 Å². The van der Waals surface area contributed by atoms with Crippen LogP contribution >= 0.6 is 0 Å². The highest BCUT2D eigenvalue weighted by molar-refractivity contribution is 5.76. The van der Waals surface area contributed by atoms with Gasteiger partial charge in [-0.15, -0.1) is 0 Å². The van der Waals surface area contributed by atoms with Crippen LogP contribution in [0.15, 0.2) is 24.3 Å². The molecule has 1 aromatic carbocycles. The van der Waals surface area contributed by atoms with E-state index in [1.165, 1.54) is 0 Å². The van der Waals surface area contributed by atoms with Gasteiger partial charge in [0.2, 0.25) is 0 Å². The molecule has 0 aromatic heterocycles. The molecule has 1 heterocycles. The van der Waals surface area contributed by atoms with Crippen LogP contribution in [0.1, 0.15) is 31.7 Å². The van der Waals surface area contributed by atoms with E-state index in [-0.39, 0.29) is 18.7 Å². The van der Waals surface area contributed by atoms with Crippen molar-refractivity contribution in [1.29, 1.82) is 0 Å². The van der Waals surface area contributed by atoms with Crippen molar-refractivity contribution in [2.75, 3.05) is 19.6 Å². The van der Waals surface area contributed by atoms with Crippen LogP contribution in [0, 0.1) is 12.8 Å². The predicted molar refractivity (Wildman–Crippen MR) is 91.2 cm³/mol. The molecule has 0 aliphatic carbocycles. The first-order valence-electron chi connectivity index (χ1n) is 8.48. The number of ether oxygens (including phenoxy) is 1. The summed E-state index contributed by atoms with van der Waals surface area (Å²) in [6.07, 6.45) is 2.01. The van der Waals surface area contributed by atoms with Crippen molar-refractivity contribution in [3.8, 4) is 5.75 Å². The number of nitrogens with one attached hydrogen (secondary N) is 1. The summed E-state index contributed by atoms with van der Waals surface area (Å²) >= 11 is 0. The largest absolute Gasteiger partial charge is 0.489 e. The first kappa shape index (κ1) is 18.1. The fourth-order valence-corrected chi connectivity index (χ4v) is 2.83. The fourth-order valence-electron chi connectivity index (χ4n) is 2.83. The molecule has 2 rings (SSSR count). The lowest BCUT2D eigenvalue weighted by Gasteiger charge is -2.31. The normalized spacial score (nSPS) is 18.8. The minimum Gasteiger partial charge on any atom is -0.489 e. The molecule has 1 fully saturated rings. The number of amides is 2. The Hall–Kier alpha value is -2.24. The standard InChI is InChI=1S/C18H26N2O4/c1-3-15(24-16-8-4-6-13(2)10-16)11-19-18(23)20-9-5-7-14(12-20)17(21)22/h4,6,8,10,14-15H,3,5,7,9,11-12H2,1-2H3,(H,19,23)(H,21,22). The van der Waals surface area contributed by atoms with E-state index < -0.39 is 11.9 Å². The summed E-state index contributed by atoms with van der Waals surface area (Å²) < 4.78 is 5.91. The Kier molecular flexibility index (Phi) is 6.46. The van der Waals surface area contributed by atoms with E-state index in [2.05, 4.69) is 5.32 Å². The maximum atomic E-state index is 12.3. The van der Waals surface area contributed by atoms with E-state index in [0.717, 1.165) is 24.2 Å². The van der Waals surface area contributed by atoms with Gasteiger partial charge in [-0.3, -0.25) is 4.79 Å². The number of hydrogen-bond acceptors (Lipinski definition) is 3. The van der Waals surface area contributed by atoms with E-state index in [1.54, 1.807) is 4.90 Å². The number of piperidine rings is 1. The first-order chi connectivity index (χ1) is 11.5. The lowest BCUT2D eigenvalue weighted by molar-refractivity contribution is -0.143. The van der Waals surface area contributed by atoms with Gasteiger partial charge < -0.3 is 20.1 Å². The van der Waals surface area contributed by atoms with E-state index in [4.69, 9.17) is 9.84 Å². The van der Waals surface area contributed by atoms with Crippen LogP contribution < -0.4 is 10.1 Å². The zero-order valence-electron chi connectivity index (χ0n) is 14.3. The molecule has 2 atom stereocenters. The third-order valence-corrected chi connectivity index (χ3v) is 4.29. The zero-order valence-corrected chi connectivity index (χ0v) is 14.3. The number of benzene rings is 1. The van der Waals surface area contributed by atoms with Crippen molar-refractivity contribution in [3.63, 3.8) is 0 Å². The first-order valence-corrected chi connectivity index (χ1v) is 8.48. The quantitative estimate of drug-likeness (QED) is 0.838. The maximum absolute atomic E-state index is 12.3. The van der Waals surface area contributed by atoms with Gasteiger partial charge in [-0.25, -0.2) is 4.79 Å². The molecule has 1 aliphatic heterocycles. The van der Waals surface area contributed by atoms with Gasteiger partial charge in [0.25, 0.3) is 0 Å². The molecule has 0 radical (unpaired) electrons. The number of hydrogen-bond donors (Lipinski definition) is 2. The SMILES string of the molecule is CCC(CNC(=O)N1CCCC(C(=O)O)C1)Oc1cccc(C)c1. The molecule has 6 heteroatoms. The fraction of sp³-hybridized carbons (Fsp3) is 0.556. The third-order valence-electron chi connectivity index (χ3n) is 4.29. The number of likely N-dealkylation sites (tertiary alicyclic amines) is 1. The topological polar surface area (TPSA) is 78.9 Å². The summed E-state index contributed by atoms with van der Waals surface area (Å²) in [7, 11) is 0. The minimum absolute atomic E-state index is 0.115. The monoisotopic (exact) mass is 334 g/mol.